The Bertz CT molecular complexity index is 390. The number of nitrogens with one attached hydrogen (secondary N) is 1. The third-order valence-corrected chi connectivity index (χ3v) is 3.41. The van der Waals surface area contributed by atoms with Crippen molar-refractivity contribution < 1.29 is 4.79 Å². The van der Waals surface area contributed by atoms with E-state index in [0.717, 1.165) is 24.1 Å². The Balaban J connectivity index is 2.40. The second-order valence-electron chi connectivity index (χ2n) is 4.92. The molecule has 0 heterocycles. The molecule has 3 heteroatoms. The van der Waals surface area contributed by atoms with Gasteiger partial charge < -0.3 is 5.32 Å². The minimum Gasteiger partial charge on any atom is -0.326 e. The van der Waals surface area contributed by atoms with Crippen LogP contribution in [0.2, 0.25) is 0 Å². The van der Waals surface area contributed by atoms with Gasteiger partial charge in [-0.1, -0.05) is 50.8 Å². The molecule has 106 valence electrons. The molecular weight excluding hydrogens is 258 g/mol. The number of halogens is 1. The molecule has 0 aliphatic rings. The summed E-state index contributed by atoms with van der Waals surface area (Å²) in [5.41, 5.74) is 1.81. The van der Waals surface area contributed by atoms with Gasteiger partial charge in [-0.2, -0.15) is 0 Å². The smallest absolute Gasteiger partial charge is 0.224 e. The number of benzene rings is 1. The van der Waals surface area contributed by atoms with Crippen LogP contribution in [0, 0.1) is 0 Å². The first-order chi connectivity index (χ1) is 9.15. The van der Waals surface area contributed by atoms with Gasteiger partial charge in [-0.15, -0.1) is 11.6 Å². The number of amides is 1. The quantitative estimate of drug-likeness (QED) is 0.509. The molecule has 1 atom stereocenters. The average molecular weight is 282 g/mol. The van der Waals surface area contributed by atoms with Gasteiger partial charge in [0.15, 0.2) is 0 Å². The van der Waals surface area contributed by atoms with E-state index < -0.39 is 0 Å². The number of unbranched alkanes of at least 4 members (excludes halogenated alkanes) is 4. The normalized spacial score (nSPS) is 12.2. The van der Waals surface area contributed by atoms with E-state index in [-0.39, 0.29) is 11.3 Å². The Morgan fingerprint density at radius 3 is 2.58 bits per heavy atom. The summed E-state index contributed by atoms with van der Waals surface area (Å²) >= 11 is 6.10. The maximum Gasteiger partial charge on any atom is 0.224 e. The molecular formula is C16H24ClNO. The number of carbonyl (C=O) groups excluding carboxylic acids is 1. The fourth-order valence-electron chi connectivity index (χ4n) is 2.06. The van der Waals surface area contributed by atoms with Crippen molar-refractivity contribution in [3.05, 3.63) is 29.8 Å². The van der Waals surface area contributed by atoms with Gasteiger partial charge in [0, 0.05) is 12.1 Å². The number of hydrogen-bond acceptors (Lipinski definition) is 1. The molecule has 1 N–H and O–H groups in total. The van der Waals surface area contributed by atoms with E-state index in [1.807, 2.05) is 31.2 Å². The van der Waals surface area contributed by atoms with E-state index in [1.165, 1.54) is 19.3 Å². The molecule has 0 spiro atoms. The van der Waals surface area contributed by atoms with Crippen LogP contribution < -0.4 is 5.32 Å². The third kappa shape index (κ3) is 6.11. The number of anilines is 1. The van der Waals surface area contributed by atoms with Crippen LogP contribution in [0.15, 0.2) is 24.3 Å². The van der Waals surface area contributed by atoms with Crippen LogP contribution in [0.25, 0.3) is 0 Å². The second kappa shape index (κ2) is 8.98. The van der Waals surface area contributed by atoms with Crippen molar-refractivity contribution in [2.75, 3.05) is 5.32 Å². The fraction of sp³-hybridized carbons (Fsp3) is 0.562. The lowest BCUT2D eigenvalue weighted by Gasteiger charge is -2.12. The minimum atomic E-state index is -0.0962. The summed E-state index contributed by atoms with van der Waals surface area (Å²) in [5.74, 6) is 0.0845. The lowest BCUT2D eigenvalue weighted by molar-refractivity contribution is -0.116. The Morgan fingerprint density at radius 1 is 1.21 bits per heavy atom. The van der Waals surface area contributed by atoms with Crippen LogP contribution >= 0.6 is 11.6 Å². The molecule has 0 bridgehead atoms. The number of para-hydroxylation sites is 1. The summed E-state index contributed by atoms with van der Waals surface area (Å²) in [6, 6.07) is 7.71. The van der Waals surface area contributed by atoms with Crippen molar-refractivity contribution >= 4 is 23.2 Å². The fourth-order valence-corrected chi connectivity index (χ4v) is 2.25. The van der Waals surface area contributed by atoms with Gasteiger partial charge in [0.25, 0.3) is 0 Å². The van der Waals surface area contributed by atoms with Crippen LogP contribution in [-0.4, -0.2) is 5.91 Å². The minimum absolute atomic E-state index is 0.0845. The van der Waals surface area contributed by atoms with Crippen molar-refractivity contribution in [1.29, 1.82) is 0 Å². The van der Waals surface area contributed by atoms with Crippen LogP contribution in [0.3, 0.4) is 0 Å². The van der Waals surface area contributed by atoms with E-state index in [4.69, 9.17) is 11.6 Å². The maximum atomic E-state index is 11.9. The van der Waals surface area contributed by atoms with E-state index in [1.54, 1.807) is 0 Å². The molecule has 0 aliphatic heterocycles. The van der Waals surface area contributed by atoms with Crippen molar-refractivity contribution in [3.8, 4) is 0 Å². The number of carbonyl (C=O) groups is 1. The molecule has 2 nitrogen and oxygen atoms in total. The standard InChI is InChI=1S/C16H24ClNO/c1-3-4-5-6-7-12-16(19)18-15-11-9-8-10-14(15)13(2)17/h8-11,13H,3-7,12H2,1-2H3,(H,18,19). The lowest BCUT2D eigenvalue weighted by Crippen LogP contribution is -2.12. The van der Waals surface area contributed by atoms with Crippen LogP contribution in [0.4, 0.5) is 5.69 Å². The Morgan fingerprint density at radius 2 is 1.89 bits per heavy atom. The van der Waals surface area contributed by atoms with Crippen molar-refractivity contribution in [2.45, 2.75) is 57.7 Å². The topological polar surface area (TPSA) is 29.1 Å². The summed E-state index contributed by atoms with van der Waals surface area (Å²) in [7, 11) is 0. The molecule has 0 saturated carbocycles. The van der Waals surface area contributed by atoms with E-state index >= 15 is 0 Å². The Labute approximate surface area is 121 Å². The Hall–Kier alpha value is -1.02. The van der Waals surface area contributed by atoms with Crippen LogP contribution in [0.1, 0.15) is 63.3 Å². The molecule has 19 heavy (non-hydrogen) atoms. The molecule has 1 amide bonds. The molecule has 1 rings (SSSR count). The molecule has 1 unspecified atom stereocenters. The summed E-state index contributed by atoms with van der Waals surface area (Å²) < 4.78 is 0. The first-order valence-electron chi connectivity index (χ1n) is 7.18. The zero-order valence-electron chi connectivity index (χ0n) is 11.9. The van der Waals surface area contributed by atoms with E-state index in [9.17, 15) is 4.79 Å². The highest BCUT2D eigenvalue weighted by Crippen LogP contribution is 2.27. The largest absolute Gasteiger partial charge is 0.326 e. The second-order valence-corrected chi connectivity index (χ2v) is 5.57. The molecule has 0 fully saturated rings. The van der Waals surface area contributed by atoms with Crippen molar-refractivity contribution in [3.63, 3.8) is 0 Å². The average Bonchev–Trinajstić information content (AvgIpc) is 2.39. The van der Waals surface area contributed by atoms with Gasteiger partial charge in [-0.05, 0) is 25.0 Å². The molecule has 0 radical (unpaired) electrons. The summed E-state index contributed by atoms with van der Waals surface area (Å²) in [4.78, 5) is 11.9. The van der Waals surface area contributed by atoms with E-state index in [2.05, 4.69) is 12.2 Å². The third-order valence-electron chi connectivity index (χ3n) is 3.17. The lowest BCUT2D eigenvalue weighted by atomic mass is 10.1. The van der Waals surface area contributed by atoms with Crippen molar-refractivity contribution in [1.82, 2.24) is 0 Å². The first-order valence-corrected chi connectivity index (χ1v) is 7.61. The van der Waals surface area contributed by atoms with E-state index in [0.29, 0.717) is 6.42 Å². The van der Waals surface area contributed by atoms with Crippen molar-refractivity contribution in [2.24, 2.45) is 0 Å². The number of hydrogen-bond donors (Lipinski definition) is 1. The molecule has 0 saturated heterocycles. The highest BCUT2D eigenvalue weighted by atomic mass is 35.5. The van der Waals surface area contributed by atoms with Gasteiger partial charge in [0.05, 0.1) is 5.38 Å². The van der Waals surface area contributed by atoms with Crippen LogP contribution in [-0.2, 0) is 4.79 Å². The van der Waals surface area contributed by atoms with Gasteiger partial charge in [0.1, 0.15) is 0 Å². The predicted octanol–water partition coefficient (Wildman–Crippen LogP) is 5.29. The first kappa shape index (κ1) is 16.0. The zero-order valence-corrected chi connectivity index (χ0v) is 12.7. The monoisotopic (exact) mass is 281 g/mol. The predicted molar refractivity (Wildman–Crippen MR) is 82.7 cm³/mol. The molecule has 0 aromatic heterocycles. The highest BCUT2D eigenvalue weighted by Gasteiger charge is 2.09. The van der Waals surface area contributed by atoms with Gasteiger partial charge in [-0.3, -0.25) is 4.79 Å². The summed E-state index contributed by atoms with van der Waals surface area (Å²) in [5, 5.41) is 2.86. The molecule has 1 aromatic carbocycles. The number of rotatable bonds is 8. The van der Waals surface area contributed by atoms with Gasteiger partial charge >= 0.3 is 0 Å². The molecule has 0 aliphatic carbocycles. The molecule has 1 aromatic rings. The number of alkyl halides is 1. The summed E-state index contributed by atoms with van der Waals surface area (Å²) in [6.45, 7) is 4.11. The SMILES string of the molecule is CCCCCCCC(=O)Nc1ccccc1C(C)Cl. The van der Waals surface area contributed by atoms with Crippen LogP contribution in [0.5, 0.6) is 0 Å². The summed E-state index contributed by atoms with van der Waals surface area (Å²) in [6.07, 6.45) is 6.40. The maximum absolute atomic E-state index is 11.9. The van der Waals surface area contributed by atoms with Gasteiger partial charge in [-0.25, -0.2) is 0 Å². The van der Waals surface area contributed by atoms with Gasteiger partial charge in [0.2, 0.25) is 5.91 Å². The Kier molecular flexibility index (Phi) is 7.57. The zero-order chi connectivity index (χ0) is 14.1. The highest BCUT2D eigenvalue weighted by molar-refractivity contribution is 6.21.